The first-order valence-corrected chi connectivity index (χ1v) is 8.86. The first-order valence-electron chi connectivity index (χ1n) is 8.86. The van der Waals surface area contributed by atoms with Gasteiger partial charge in [-0.15, -0.1) is 0 Å². The Morgan fingerprint density at radius 1 is 0.857 bits per heavy atom. The van der Waals surface area contributed by atoms with E-state index in [2.05, 4.69) is 11.1 Å². The molecule has 6 nitrogen and oxygen atoms in total. The van der Waals surface area contributed by atoms with Crippen molar-refractivity contribution in [2.45, 2.75) is 0 Å². The van der Waals surface area contributed by atoms with E-state index in [4.69, 9.17) is 19.7 Å². The van der Waals surface area contributed by atoms with Crippen molar-refractivity contribution in [3.05, 3.63) is 67.0 Å². The standard InChI is InChI=1S/C22H20N4O2/c1-26(2)22-19-13-16(15-6-4-8-18(12-15)28-27-3)9-10-20(19)24-21(25-22)17-7-5-11-23-14-17/h4-14H,1-3H3. The zero-order valence-electron chi connectivity index (χ0n) is 16.0. The molecule has 0 atom stereocenters. The molecule has 0 unspecified atom stereocenters. The maximum absolute atomic E-state index is 5.14. The van der Waals surface area contributed by atoms with Crippen LogP contribution < -0.4 is 9.79 Å². The highest BCUT2D eigenvalue weighted by Gasteiger charge is 2.13. The maximum Gasteiger partial charge on any atom is 0.165 e. The van der Waals surface area contributed by atoms with Gasteiger partial charge in [-0.1, -0.05) is 18.2 Å². The van der Waals surface area contributed by atoms with Gasteiger partial charge in [0.25, 0.3) is 0 Å². The number of hydrogen-bond acceptors (Lipinski definition) is 6. The fourth-order valence-corrected chi connectivity index (χ4v) is 3.08. The minimum atomic E-state index is 0.649. The third kappa shape index (κ3) is 3.50. The molecule has 4 aromatic rings. The van der Waals surface area contributed by atoms with Crippen LogP contribution in [0.5, 0.6) is 5.75 Å². The smallest absolute Gasteiger partial charge is 0.165 e. The van der Waals surface area contributed by atoms with Crippen molar-refractivity contribution in [1.82, 2.24) is 15.0 Å². The number of anilines is 1. The van der Waals surface area contributed by atoms with Crippen LogP contribution in [0.1, 0.15) is 0 Å². The lowest BCUT2D eigenvalue weighted by atomic mass is 10.0. The van der Waals surface area contributed by atoms with Crippen LogP contribution >= 0.6 is 0 Å². The van der Waals surface area contributed by atoms with Crippen molar-refractivity contribution in [2.75, 3.05) is 26.1 Å². The second-order valence-electron chi connectivity index (χ2n) is 6.52. The van der Waals surface area contributed by atoms with Crippen LogP contribution in [0.3, 0.4) is 0 Å². The molecule has 2 aromatic carbocycles. The lowest BCUT2D eigenvalue weighted by Crippen LogP contribution is -2.12. The average molecular weight is 372 g/mol. The van der Waals surface area contributed by atoms with Crippen molar-refractivity contribution in [1.29, 1.82) is 0 Å². The Kier molecular flexibility index (Phi) is 4.87. The average Bonchev–Trinajstić information content (AvgIpc) is 2.73. The summed E-state index contributed by atoms with van der Waals surface area (Å²) < 4.78 is 0. The van der Waals surface area contributed by atoms with Gasteiger partial charge in [-0.2, -0.15) is 4.89 Å². The molecule has 2 aromatic heterocycles. The molecule has 0 N–H and O–H groups in total. The van der Waals surface area contributed by atoms with Gasteiger partial charge < -0.3 is 9.79 Å². The predicted octanol–water partition coefficient (Wildman–Crippen LogP) is 4.37. The predicted molar refractivity (Wildman–Crippen MR) is 110 cm³/mol. The summed E-state index contributed by atoms with van der Waals surface area (Å²) in [7, 11) is 5.45. The maximum atomic E-state index is 5.14. The van der Waals surface area contributed by atoms with Gasteiger partial charge in [0.05, 0.1) is 12.6 Å². The lowest BCUT2D eigenvalue weighted by Gasteiger charge is -2.16. The van der Waals surface area contributed by atoms with Crippen LogP contribution in [0.25, 0.3) is 33.4 Å². The van der Waals surface area contributed by atoms with Gasteiger partial charge in [0.2, 0.25) is 0 Å². The van der Waals surface area contributed by atoms with Gasteiger partial charge in [-0.25, -0.2) is 9.97 Å². The van der Waals surface area contributed by atoms with E-state index in [1.807, 2.05) is 67.5 Å². The molecule has 0 saturated heterocycles. The van der Waals surface area contributed by atoms with Crippen LogP contribution in [-0.2, 0) is 4.89 Å². The third-order valence-electron chi connectivity index (χ3n) is 4.37. The van der Waals surface area contributed by atoms with E-state index in [1.54, 1.807) is 12.4 Å². The second-order valence-corrected chi connectivity index (χ2v) is 6.52. The van der Waals surface area contributed by atoms with Crippen molar-refractivity contribution < 1.29 is 9.78 Å². The first-order chi connectivity index (χ1) is 13.7. The van der Waals surface area contributed by atoms with E-state index in [0.717, 1.165) is 33.4 Å². The van der Waals surface area contributed by atoms with E-state index in [-0.39, 0.29) is 0 Å². The Labute approximate surface area is 163 Å². The monoisotopic (exact) mass is 372 g/mol. The van der Waals surface area contributed by atoms with Gasteiger partial charge in [-0.3, -0.25) is 4.98 Å². The molecule has 4 rings (SSSR count). The molecule has 0 radical (unpaired) electrons. The first kappa shape index (κ1) is 17.9. The number of pyridine rings is 1. The molecule has 2 heterocycles. The Hall–Kier alpha value is -3.51. The fourth-order valence-electron chi connectivity index (χ4n) is 3.08. The van der Waals surface area contributed by atoms with E-state index in [9.17, 15) is 0 Å². The topological polar surface area (TPSA) is 60.4 Å². The Balaban J connectivity index is 1.85. The largest absolute Gasteiger partial charge is 0.362 e. The molecule has 140 valence electrons. The number of hydrogen-bond donors (Lipinski definition) is 0. The van der Waals surface area contributed by atoms with Crippen molar-refractivity contribution in [3.8, 4) is 28.3 Å². The van der Waals surface area contributed by atoms with Crippen LogP contribution in [-0.4, -0.2) is 36.2 Å². The summed E-state index contributed by atoms with van der Waals surface area (Å²) in [6.45, 7) is 0. The van der Waals surface area contributed by atoms with Crippen LogP contribution in [0, 0.1) is 0 Å². The summed E-state index contributed by atoms with van der Waals surface area (Å²) in [5, 5.41) is 0.980. The van der Waals surface area contributed by atoms with Gasteiger partial charge in [0.1, 0.15) is 5.82 Å². The Morgan fingerprint density at radius 2 is 1.68 bits per heavy atom. The fraction of sp³-hybridized carbons (Fsp3) is 0.136. The molecular formula is C22H20N4O2. The highest BCUT2D eigenvalue weighted by atomic mass is 17.2. The zero-order chi connectivity index (χ0) is 19.5. The highest BCUT2D eigenvalue weighted by molar-refractivity contribution is 5.94. The van der Waals surface area contributed by atoms with Crippen LogP contribution in [0.15, 0.2) is 67.0 Å². The van der Waals surface area contributed by atoms with E-state index < -0.39 is 0 Å². The minimum Gasteiger partial charge on any atom is -0.362 e. The van der Waals surface area contributed by atoms with Crippen LogP contribution in [0.2, 0.25) is 0 Å². The molecule has 0 aliphatic heterocycles. The second kappa shape index (κ2) is 7.62. The van der Waals surface area contributed by atoms with Crippen molar-refractivity contribution in [2.24, 2.45) is 0 Å². The van der Waals surface area contributed by atoms with E-state index in [1.165, 1.54) is 7.11 Å². The van der Waals surface area contributed by atoms with Gasteiger partial charge >= 0.3 is 0 Å². The van der Waals surface area contributed by atoms with Crippen molar-refractivity contribution in [3.63, 3.8) is 0 Å². The van der Waals surface area contributed by atoms with Crippen LogP contribution in [0.4, 0.5) is 5.82 Å². The molecule has 0 aliphatic carbocycles. The third-order valence-corrected chi connectivity index (χ3v) is 4.37. The minimum absolute atomic E-state index is 0.649. The SMILES string of the molecule is COOc1cccc(-c2ccc3nc(-c4cccnc4)nc(N(C)C)c3c2)c1. The van der Waals surface area contributed by atoms with E-state index >= 15 is 0 Å². The summed E-state index contributed by atoms with van der Waals surface area (Å²) in [5.41, 5.74) is 3.85. The summed E-state index contributed by atoms with van der Waals surface area (Å²) >= 11 is 0. The molecule has 0 spiro atoms. The molecule has 0 aliphatic rings. The Bertz CT molecular complexity index is 1110. The summed E-state index contributed by atoms with van der Waals surface area (Å²) in [6, 6.07) is 17.8. The number of benzene rings is 2. The normalized spacial score (nSPS) is 10.8. The quantitative estimate of drug-likeness (QED) is 0.383. The van der Waals surface area contributed by atoms with Gasteiger partial charge in [0.15, 0.2) is 11.6 Å². The number of nitrogens with zero attached hydrogens (tertiary/aromatic N) is 4. The Morgan fingerprint density at radius 3 is 2.43 bits per heavy atom. The number of aromatic nitrogens is 3. The number of fused-ring (bicyclic) bond motifs is 1. The molecule has 6 heteroatoms. The highest BCUT2D eigenvalue weighted by Crippen LogP contribution is 2.31. The molecule has 0 saturated carbocycles. The molecule has 28 heavy (non-hydrogen) atoms. The van der Waals surface area contributed by atoms with Gasteiger partial charge in [0, 0.05) is 37.4 Å². The van der Waals surface area contributed by atoms with E-state index in [0.29, 0.717) is 11.6 Å². The van der Waals surface area contributed by atoms with Gasteiger partial charge in [-0.05, 0) is 47.5 Å². The molecule has 0 bridgehead atoms. The molecular weight excluding hydrogens is 352 g/mol. The number of rotatable bonds is 5. The van der Waals surface area contributed by atoms with Crippen molar-refractivity contribution >= 4 is 16.7 Å². The lowest BCUT2D eigenvalue weighted by molar-refractivity contribution is -0.178. The summed E-state index contributed by atoms with van der Waals surface area (Å²) in [6.07, 6.45) is 3.52. The summed E-state index contributed by atoms with van der Waals surface area (Å²) in [4.78, 5) is 25.6. The molecule has 0 amide bonds. The zero-order valence-corrected chi connectivity index (χ0v) is 16.0. The molecule has 0 fully saturated rings. The summed E-state index contributed by atoms with van der Waals surface area (Å²) in [5.74, 6) is 2.17.